The molecule has 3 aliphatic rings. The summed E-state index contributed by atoms with van der Waals surface area (Å²) in [5, 5.41) is 6.94. The SMILES string of the molecule is C1=CC2=C(CC1)CCc1c2ccc2c(C3=NOCC3)cccc12. The van der Waals surface area contributed by atoms with Gasteiger partial charge in [0, 0.05) is 12.0 Å². The van der Waals surface area contributed by atoms with Gasteiger partial charge in [-0.25, -0.2) is 0 Å². The first-order valence-corrected chi connectivity index (χ1v) is 8.54. The van der Waals surface area contributed by atoms with Crippen molar-refractivity contribution in [3.63, 3.8) is 0 Å². The Morgan fingerprint density at radius 3 is 2.78 bits per heavy atom. The predicted molar refractivity (Wildman–Crippen MR) is 94.7 cm³/mol. The minimum absolute atomic E-state index is 0.706. The van der Waals surface area contributed by atoms with Crippen LogP contribution in [-0.2, 0) is 11.3 Å². The molecule has 2 nitrogen and oxygen atoms in total. The standard InChI is InChI=1S/C21H19NO/c1-2-5-15-14(4-1)8-9-18-16-6-3-7-20(21-12-13-23-22-21)19(16)11-10-17(15)18/h2-3,5-7,10-11H,1,4,8-9,12-13H2. The van der Waals surface area contributed by atoms with Crippen LogP contribution in [0.2, 0.25) is 0 Å². The third-order valence-corrected chi connectivity index (χ3v) is 5.33. The molecule has 1 aliphatic heterocycles. The molecule has 5 rings (SSSR count). The average Bonchev–Trinajstić information content (AvgIpc) is 3.15. The van der Waals surface area contributed by atoms with Crippen molar-refractivity contribution in [2.24, 2.45) is 5.16 Å². The Morgan fingerprint density at radius 1 is 0.870 bits per heavy atom. The van der Waals surface area contributed by atoms with Gasteiger partial charge in [0.05, 0.1) is 5.71 Å². The van der Waals surface area contributed by atoms with E-state index in [-0.39, 0.29) is 0 Å². The molecule has 0 radical (unpaired) electrons. The zero-order chi connectivity index (χ0) is 15.2. The maximum Gasteiger partial charge on any atom is 0.122 e. The Kier molecular flexibility index (Phi) is 2.90. The molecule has 0 N–H and O–H groups in total. The molecule has 0 amide bonds. The molecule has 0 saturated carbocycles. The zero-order valence-corrected chi connectivity index (χ0v) is 13.1. The highest BCUT2D eigenvalue weighted by atomic mass is 16.6. The molecule has 0 fully saturated rings. The number of rotatable bonds is 1. The van der Waals surface area contributed by atoms with E-state index in [0.717, 1.165) is 18.6 Å². The topological polar surface area (TPSA) is 21.6 Å². The molecule has 2 aromatic rings. The molecule has 2 aromatic carbocycles. The van der Waals surface area contributed by atoms with Crippen molar-refractivity contribution in [2.75, 3.05) is 6.61 Å². The fourth-order valence-corrected chi connectivity index (χ4v) is 4.22. The quantitative estimate of drug-likeness (QED) is 0.725. The number of nitrogens with zero attached hydrogens (tertiary/aromatic N) is 1. The number of allylic oxidation sites excluding steroid dienone is 4. The maximum atomic E-state index is 5.22. The van der Waals surface area contributed by atoms with Gasteiger partial charge >= 0.3 is 0 Å². The Bertz CT molecular complexity index is 901. The molecule has 0 unspecified atom stereocenters. The fourth-order valence-electron chi connectivity index (χ4n) is 4.22. The lowest BCUT2D eigenvalue weighted by atomic mass is 9.79. The number of aryl methyl sites for hydroxylation is 1. The van der Waals surface area contributed by atoms with Gasteiger partial charge in [-0.2, -0.15) is 0 Å². The number of hydrogen-bond donors (Lipinski definition) is 0. The van der Waals surface area contributed by atoms with Gasteiger partial charge in [0.25, 0.3) is 0 Å². The van der Waals surface area contributed by atoms with Gasteiger partial charge in [-0.05, 0) is 53.2 Å². The lowest BCUT2D eigenvalue weighted by Gasteiger charge is -2.25. The molecular formula is C21H19NO. The van der Waals surface area contributed by atoms with Crippen molar-refractivity contribution in [3.05, 3.63) is 64.7 Å². The van der Waals surface area contributed by atoms with Crippen LogP contribution in [0.15, 0.2) is 53.2 Å². The predicted octanol–water partition coefficient (Wildman–Crippen LogP) is 5.01. The summed E-state index contributed by atoms with van der Waals surface area (Å²) in [5.74, 6) is 0. The molecular weight excluding hydrogens is 282 g/mol. The molecule has 2 heteroatoms. The van der Waals surface area contributed by atoms with Crippen LogP contribution in [0.5, 0.6) is 0 Å². The van der Waals surface area contributed by atoms with Gasteiger partial charge in [-0.1, -0.05) is 53.2 Å². The highest BCUT2D eigenvalue weighted by Gasteiger charge is 2.22. The van der Waals surface area contributed by atoms with E-state index in [1.807, 2.05) is 0 Å². The van der Waals surface area contributed by atoms with E-state index >= 15 is 0 Å². The first-order valence-electron chi connectivity index (χ1n) is 8.54. The van der Waals surface area contributed by atoms with Crippen LogP contribution < -0.4 is 0 Å². The van der Waals surface area contributed by atoms with E-state index in [2.05, 4.69) is 47.6 Å². The summed E-state index contributed by atoms with van der Waals surface area (Å²) >= 11 is 0. The van der Waals surface area contributed by atoms with Crippen molar-refractivity contribution < 1.29 is 4.84 Å². The van der Waals surface area contributed by atoms with Gasteiger partial charge in [0.2, 0.25) is 0 Å². The van der Waals surface area contributed by atoms with Crippen LogP contribution in [0.25, 0.3) is 16.3 Å². The molecule has 1 heterocycles. The Balaban J connectivity index is 1.75. The van der Waals surface area contributed by atoms with E-state index < -0.39 is 0 Å². The third kappa shape index (κ3) is 1.98. The Hall–Kier alpha value is -2.35. The first-order chi connectivity index (χ1) is 11.4. The second-order valence-electron chi connectivity index (χ2n) is 6.57. The molecule has 23 heavy (non-hydrogen) atoms. The van der Waals surface area contributed by atoms with Gasteiger partial charge in [0.1, 0.15) is 6.61 Å². The second kappa shape index (κ2) is 5.09. The van der Waals surface area contributed by atoms with E-state index in [0.29, 0.717) is 6.61 Å². The molecule has 0 bridgehead atoms. The van der Waals surface area contributed by atoms with E-state index in [4.69, 9.17) is 4.84 Å². The minimum Gasteiger partial charge on any atom is -0.395 e. The van der Waals surface area contributed by atoms with Gasteiger partial charge in [-0.3, -0.25) is 0 Å². The fraction of sp³-hybridized carbons (Fsp3) is 0.286. The van der Waals surface area contributed by atoms with Crippen LogP contribution >= 0.6 is 0 Å². The number of oxime groups is 1. The largest absolute Gasteiger partial charge is 0.395 e. The summed E-state index contributed by atoms with van der Waals surface area (Å²) in [4.78, 5) is 5.22. The number of benzene rings is 2. The Morgan fingerprint density at radius 2 is 1.87 bits per heavy atom. The van der Waals surface area contributed by atoms with Crippen LogP contribution in [0.3, 0.4) is 0 Å². The molecule has 0 saturated heterocycles. The summed E-state index contributed by atoms with van der Waals surface area (Å²) in [7, 11) is 0. The van der Waals surface area contributed by atoms with Gasteiger partial charge < -0.3 is 4.84 Å². The highest BCUT2D eigenvalue weighted by Crippen LogP contribution is 2.40. The van der Waals surface area contributed by atoms with Crippen molar-refractivity contribution in [1.29, 1.82) is 0 Å². The summed E-state index contributed by atoms with van der Waals surface area (Å²) < 4.78 is 0. The monoisotopic (exact) mass is 301 g/mol. The molecule has 114 valence electrons. The van der Waals surface area contributed by atoms with E-state index in [1.165, 1.54) is 52.3 Å². The van der Waals surface area contributed by atoms with Crippen LogP contribution in [0.4, 0.5) is 0 Å². The highest BCUT2D eigenvalue weighted by molar-refractivity contribution is 6.12. The molecule has 2 aliphatic carbocycles. The average molecular weight is 301 g/mol. The Labute approximate surface area is 136 Å². The summed E-state index contributed by atoms with van der Waals surface area (Å²) in [6.07, 6.45) is 10.4. The maximum absolute atomic E-state index is 5.22. The van der Waals surface area contributed by atoms with Gasteiger partial charge in [-0.15, -0.1) is 0 Å². The van der Waals surface area contributed by atoms with Crippen LogP contribution in [-0.4, -0.2) is 12.3 Å². The number of fused-ring (bicyclic) bond motifs is 4. The zero-order valence-electron chi connectivity index (χ0n) is 13.1. The first kappa shape index (κ1) is 13.1. The minimum atomic E-state index is 0.706. The van der Waals surface area contributed by atoms with Gasteiger partial charge in [0.15, 0.2) is 0 Å². The molecule has 0 spiro atoms. The van der Waals surface area contributed by atoms with Crippen molar-refractivity contribution in [2.45, 2.75) is 32.1 Å². The van der Waals surface area contributed by atoms with Crippen molar-refractivity contribution in [1.82, 2.24) is 0 Å². The van der Waals surface area contributed by atoms with Crippen molar-refractivity contribution >= 4 is 22.1 Å². The lowest BCUT2D eigenvalue weighted by molar-refractivity contribution is 0.174. The van der Waals surface area contributed by atoms with Crippen LogP contribution in [0, 0.1) is 0 Å². The summed E-state index contributed by atoms with van der Waals surface area (Å²) in [6, 6.07) is 11.2. The third-order valence-electron chi connectivity index (χ3n) is 5.33. The van der Waals surface area contributed by atoms with Crippen LogP contribution in [0.1, 0.15) is 42.4 Å². The van der Waals surface area contributed by atoms with E-state index in [9.17, 15) is 0 Å². The number of hydrogen-bond acceptors (Lipinski definition) is 2. The summed E-state index contributed by atoms with van der Waals surface area (Å²) in [5.41, 5.74) is 8.40. The molecule has 0 atom stereocenters. The van der Waals surface area contributed by atoms with E-state index in [1.54, 1.807) is 5.57 Å². The second-order valence-corrected chi connectivity index (χ2v) is 6.57. The smallest absolute Gasteiger partial charge is 0.122 e. The summed E-state index contributed by atoms with van der Waals surface area (Å²) in [6.45, 7) is 0.706. The lowest BCUT2D eigenvalue weighted by Crippen LogP contribution is -2.08. The van der Waals surface area contributed by atoms with Crippen molar-refractivity contribution in [3.8, 4) is 0 Å². The normalized spacial score (nSPS) is 19.4. The molecule has 0 aromatic heterocycles.